The summed E-state index contributed by atoms with van der Waals surface area (Å²) in [5, 5.41) is 3.95. The molecule has 6 rings (SSSR count). The van der Waals surface area contributed by atoms with Crippen LogP contribution in [-0.2, 0) is 18.5 Å². The molecule has 0 aliphatic heterocycles. The third-order valence-corrected chi connectivity index (χ3v) is 7.46. The highest BCUT2D eigenvalue weighted by molar-refractivity contribution is 5.82. The van der Waals surface area contributed by atoms with Gasteiger partial charge in [0.05, 0.1) is 16.9 Å². The monoisotopic (exact) mass is 501 g/mol. The number of pyridine rings is 1. The van der Waals surface area contributed by atoms with E-state index in [9.17, 15) is 9.18 Å². The van der Waals surface area contributed by atoms with Gasteiger partial charge in [0.25, 0.3) is 5.56 Å². The van der Waals surface area contributed by atoms with E-state index in [-0.39, 0.29) is 17.4 Å². The Balaban J connectivity index is 1.41. The van der Waals surface area contributed by atoms with E-state index < -0.39 is 5.67 Å². The third-order valence-electron chi connectivity index (χ3n) is 7.46. The van der Waals surface area contributed by atoms with Gasteiger partial charge in [-0.1, -0.05) is 6.07 Å². The lowest BCUT2D eigenvalue weighted by Crippen LogP contribution is -2.33. The quantitative estimate of drug-likeness (QED) is 0.413. The number of fused-ring (bicyclic) bond motifs is 2. The van der Waals surface area contributed by atoms with Crippen LogP contribution < -0.4 is 10.9 Å². The van der Waals surface area contributed by atoms with Crippen molar-refractivity contribution in [2.45, 2.75) is 63.7 Å². The lowest BCUT2D eigenvalue weighted by molar-refractivity contribution is 0.206. The van der Waals surface area contributed by atoms with Gasteiger partial charge in [0, 0.05) is 36.3 Å². The Morgan fingerprint density at radius 1 is 1.08 bits per heavy atom. The molecule has 3 aromatic heterocycles. The van der Waals surface area contributed by atoms with Gasteiger partial charge in [-0.3, -0.25) is 4.79 Å². The minimum absolute atomic E-state index is 0.0825. The summed E-state index contributed by atoms with van der Waals surface area (Å²) in [5.41, 5.74) is 2.59. The Hall–Kier alpha value is -3.59. The molecule has 1 saturated carbocycles. The second kappa shape index (κ2) is 8.76. The average Bonchev–Trinajstić information content (AvgIpc) is 3.67. The summed E-state index contributed by atoms with van der Waals surface area (Å²) in [6, 6.07) is 10.7. The fourth-order valence-electron chi connectivity index (χ4n) is 5.22. The number of nitrogens with zero attached hydrogens (tertiary/aromatic N) is 6. The molecule has 9 heteroatoms. The number of rotatable bonds is 6. The van der Waals surface area contributed by atoms with Crippen molar-refractivity contribution < 1.29 is 4.39 Å². The summed E-state index contributed by atoms with van der Waals surface area (Å²) in [6.45, 7) is 2.86. The van der Waals surface area contributed by atoms with E-state index in [0.29, 0.717) is 28.6 Å². The molecule has 2 aliphatic carbocycles. The minimum atomic E-state index is -1.70. The first-order valence-corrected chi connectivity index (χ1v) is 12.9. The van der Waals surface area contributed by atoms with Crippen molar-refractivity contribution in [1.82, 2.24) is 29.2 Å². The van der Waals surface area contributed by atoms with Crippen molar-refractivity contribution in [2.24, 2.45) is 0 Å². The predicted molar refractivity (Wildman–Crippen MR) is 143 cm³/mol. The molecule has 8 nitrogen and oxygen atoms in total. The van der Waals surface area contributed by atoms with Crippen molar-refractivity contribution in [3.8, 4) is 5.82 Å². The predicted octanol–water partition coefficient (Wildman–Crippen LogP) is 4.68. The number of alkyl halides is 1. The first-order chi connectivity index (χ1) is 17.7. The highest BCUT2D eigenvalue weighted by Gasteiger charge is 2.31. The van der Waals surface area contributed by atoms with Crippen LogP contribution in [0.2, 0.25) is 0 Å². The highest BCUT2D eigenvalue weighted by Crippen LogP contribution is 2.36. The van der Waals surface area contributed by atoms with Crippen molar-refractivity contribution in [3.05, 3.63) is 70.0 Å². The molecular formula is C28H32FN7O. The van der Waals surface area contributed by atoms with Gasteiger partial charge in [-0.05, 0) is 83.3 Å². The largest absolute Gasteiger partial charge is 0.340 e. The SMILES string of the molecule is CN(C)C1CCc2ccc(Nc3cc4c(cn3)c(=O)n(C3CC3)n4-c3ccnc(C(C)(C)F)n3)cc2C1. The maximum atomic E-state index is 14.7. The smallest absolute Gasteiger partial charge is 0.276 e. The Kier molecular flexibility index (Phi) is 5.63. The van der Waals surface area contributed by atoms with Gasteiger partial charge in [0.1, 0.15) is 5.82 Å². The van der Waals surface area contributed by atoms with Crippen molar-refractivity contribution in [3.63, 3.8) is 0 Å². The molecule has 1 N–H and O–H groups in total. The second-order valence-corrected chi connectivity index (χ2v) is 11.0. The summed E-state index contributed by atoms with van der Waals surface area (Å²) < 4.78 is 18.2. The van der Waals surface area contributed by atoms with Crippen LogP contribution in [-0.4, -0.2) is 49.4 Å². The first kappa shape index (κ1) is 23.8. The van der Waals surface area contributed by atoms with Crippen molar-refractivity contribution >= 4 is 22.4 Å². The molecule has 0 spiro atoms. The zero-order valence-corrected chi connectivity index (χ0v) is 21.7. The maximum Gasteiger partial charge on any atom is 0.276 e. The van der Waals surface area contributed by atoms with Crippen molar-refractivity contribution in [2.75, 3.05) is 19.4 Å². The molecule has 1 atom stereocenters. The van der Waals surface area contributed by atoms with Crippen LogP contribution in [0, 0.1) is 0 Å². The molecule has 4 aromatic rings. The summed E-state index contributed by atoms with van der Waals surface area (Å²) in [5.74, 6) is 1.18. The number of aryl methyl sites for hydroxylation is 1. The van der Waals surface area contributed by atoms with Gasteiger partial charge in [0.15, 0.2) is 17.3 Å². The van der Waals surface area contributed by atoms with Crippen LogP contribution in [0.3, 0.4) is 0 Å². The fraction of sp³-hybridized carbons (Fsp3) is 0.429. The molecule has 3 heterocycles. The second-order valence-electron chi connectivity index (χ2n) is 11.0. The number of nitrogens with one attached hydrogen (secondary N) is 1. The fourth-order valence-corrected chi connectivity index (χ4v) is 5.22. The standard InChI is InChI=1S/C28H32FN7O/c1-28(2,29)27-30-12-11-25(33-27)36-23-15-24(31-16-22(23)26(37)35(36)20-9-10-20)32-19-7-5-17-6-8-21(34(3)4)14-18(17)13-19/h5,7,11-13,15-16,20-21H,6,8-10,14H2,1-4H3,(H,31,32). The Morgan fingerprint density at radius 3 is 2.62 bits per heavy atom. The zero-order valence-electron chi connectivity index (χ0n) is 21.7. The highest BCUT2D eigenvalue weighted by atomic mass is 19.1. The lowest BCUT2D eigenvalue weighted by atomic mass is 9.87. The molecule has 0 saturated heterocycles. The van der Waals surface area contributed by atoms with E-state index in [1.54, 1.807) is 27.8 Å². The number of likely N-dealkylation sites (N-methyl/N-ethyl adjacent to an activating group) is 1. The number of aromatic nitrogens is 5. The van der Waals surface area contributed by atoms with Crippen molar-refractivity contribution in [1.29, 1.82) is 0 Å². The van der Waals surface area contributed by atoms with Gasteiger partial charge >= 0.3 is 0 Å². The van der Waals surface area contributed by atoms with Crippen LogP contribution in [0.25, 0.3) is 16.7 Å². The summed E-state index contributed by atoms with van der Waals surface area (Å²) in [6.07, 6.45) is 8.28. The number of benzene rings is 1. The number of halogens is 1. The topological polar surface area (TPSA) is 80.9 Å². The Morgan fingerprint density at radius 2 is 1.89 bits per heavy atom. The van der Waals surface area contributed by atoms with E-state index in [1.165, 1.54) is 31.4 Å². The van der Waals surface area contributed by atoms with Crippen LogP contribution in [0.5, 0.6) is 0 Å². The average molecular weight is 502 g/mol. The number of hydrogen-bond acceptors (Lipinski definition) is 6. The molecule has 0 bridgehead atoms. The summed E-state index contributed by atoms with van der Waals surface area (Å²) >= 11 is 0. The molecule has 1 unspecified atom stereocenters. The molecule has 192 valence electrons. The lowest BCUT2D eigenvalue weighted by Gasteiger charge is -2.30. The number of anilines is 2. The Bertz CT molecular complexity index is 1540. The van der Waals surface area contributed by atoms with Gasteiger partial charge in [-0.15, -0.1) is 0 Å². The molecule has 37 heavy (non-hydrogen) atoms. The maximum absolute atomic E-state index is 14.7. The zero-order chi connectivity index (χ0) is 25.9. The minimum Gasteiger partial charge on any atom is -0.340 e. The van der Waals surface area contributed by atoms with E-state index in [1.807, 2.05) is 6.07 Å². The van der Waals surface area contributed by atoms with E-state index in [2.05, 4.69) is 57.5 Å². The molecule has 0 amide bonds. The van der Waals surface area contributed by atoms with Gasteiger partial charge in [-0.25, -0.2) is 28.7 Å². The third kappa shape index (κ3) is 4.41. The first-order valence-electron chi connectivity index (χ1n) is 12.9. The molecule has 2 aliphatic rings. The van der Waals surface area contributed by atoms with E-state index in [0.717, 1.165) is 31.4 Å². The van der Waals surface area contributed by atoms with Gasteiger partial charge in [-0.2, -0.15) is 0 Å². The van der Waals surface area contributed by atoms with E-state index in [4.69, 9.17) is 0 Å². The number of hydrogen-bond donors (Lipinski definition) is 1. The molecule has 0 radical (unpaired) electrons. The van der Waals surface area contributed by atoms with E-state index >= 15 is 0 Å². The molecule has 1 aromatic carbocycles. The van der Waals surface area contributed by atoms with Crippen LogP contribution in [0.15, 0.2) is 47.5 Å². The van der Waals surface area contributed by atoms with Crippen LogP contribution in [0.4, 0.5) is 15.9 Å². The van der Waals surface area contributed by atoms with Crippen LogP contribution >= 0.6 is 0 Å². The summed E-state index contributed by atoms with van der Waals surface area (Å²) in [4.78, 5) is 28.8. The van der Waals surface area contributed by atoms with Gasteiger partial charge in [0.2, 0.25) is 0 Å². The normalized spacial score (nSPS) is 17.8. The van der Waals surface area contributed by atoms with Crippen LogP contribution in [0.1, 0.15) is 56.1 Å². The molecular weight excluding hydrogens is 469 g/mol. The Labute approximate surface area is 215 Å². The van der Waals surface area contributed by atoms with Gasteiger partial charge < -0.3 is 10.2 Å². The summed E-state index contributed by atoms with van der Waals surface area (Å²) in [7, 11) is 4.28. The molecule has 1 fully saturated rings.